The first-order chi connectivity index (χ1) is 12.8. The van der Waals surface area contributed by atoms with E-state index in [0.29, 0.717) is 5.92 Å². The van der Waals surface area contributed by atoms with Crippen molar-refractivity contribution in [2.75, 3.05) is 6.54 Å². The molecule has 1 aromatic carbocycles. The molecular weight excluding hydrogens is 338 g/mol. The number of carbonyl (C=O) groups is 1. The lowest BCUT2D eigenvalue weighted by Gasteiger charge is -2.21. The third kappa shape index (κ3) is 4.27. The summed E-state index contributed by atoms with van der Waals surface area (Å²) >= 11 is 1.94. The van der Waals surface area contributed by atoms with Crippen LogP contribution in [0.25, 0.3) is 17.2 Å². The molecule has 1 amide bonds. The van der Waals surface area contributed by atoms with Crippen LogP contribution in [-0.2, 0) is 17.6 Å². The molecule has 3 heteroatoms. The highest BCUT2D eigenvalue weighted by Gasteiger charge is 2.20. The fourth-order valence-electron chi connectivity index (χ4n) is 3.82. The summed E-state index contributed by atoms with van der Waals surface area (Å²) in [6, 6.07) is 9.32. The Bertz CT molecular complexity index is 775. The maximum atomic E-state index is 10.7. The maximum absolute atomic E-state index is 10.7. The molecule has 0 aliphatic heterocycles. The summed E-state index contributed by atoms with van der Waals surface area (Å²) in [7, 11) is 0. The summed E-state index contributed by atoms with van der Waals surface area (Å²) in [5, 5.41) is 2.87. The number of benzene rings is 1. The average molecular weight is 368 g/mol. The van der Waals surface area contributed by atoms with Gasteiger partial charge in [0, 0.05) is 22.2 Å². The van der Waals surface area contributed by atoms with Gasteiger partial charge in [0.15, 0.2) is 0 Å². The molecule has 1 heterocycles. The lowest BCUT2D eigenvalue weighted by Crippen LogP contribution is -2.20. The highest BCUT2D eigenvalue weighted by molar-refractivity contribution is 7.13. The van der Waals surface area contributed by atoms with E-state index in [4.69, 9.17) is 0 Å². The zero-order valence-electron chi connectivity index (χ0n) is 15.9. The Morgan fingerprint density at radius 2 is 2.04 bits per heavy atom. The van der Waals surface area contributed by atoms with E-state index in [9.17, 15) is 4.79 Å². The quantitative estimate of drug-likeness (QED) is 0.545. The number of fused-ring (bicyclic) bond motifs is 3. The van der Waals surface area contributed by atoms with Crippen LogP contribution in [0.5, 0.6) is 0 Å². The lowest BCUT2D eigenvalue weighted by molar-refractivity contribution is -0.109. The van der Waals surface area contributed by atoms with E-state index < -0.39 is 0 Å². The Morgan fingerprint density at radius 3 is 2.81 bits per heavy atom. The van der Waals surface area contributed by atoms with Gasteiger partial charge in [-0.3, -0.25) is 4.79 Å². The fourth-order valence-corrected chi connectivity index (χ4v) is 4.93. The molecule has 138 valence electrons. The van der Waals surface area contributed by atoms with Crippen LogP contribution in [-0.4, -0.2) is 13.0 Å². The molecule has 1 aliphatic rings. The molecule has 1 unspecified atom stereocenters. The second kappa shape index (κ2) is 9.18. The number of aryl methyl sites for hydroxylation is 2. The molecule has 1 aliphatic carbocycles. The van der Waals surface area contributed by atoms with Crippen LogP contribution in [0.4, 0.5) is 0 Å². The molecule has 0 spiro atoms. The highest BCUT2D eigenvalue weighted by atomic mass is 32.1. The predicted octanol–water partition coefficient (Wildman–Crippen LogP) is 5.96. The summed E-state index contributed by atoms with van der Waals surface area (Å²) in [5.41, 5.74) is 5.66. The molecule has 1 atom stereocenters. The monoisotopic (exact) mass is 367 g/mol. The minimum absolute atomic E-state index is 0.409. The van der Waals surface area contributed by atoms with Gasteiger partial charge < -0.3 is 5.32 Å². The number of thiophene rings is 1. The summed E-state index contributed by atoms with van der Waals surface area (Å²) in [6.45, 7) is 5.15. The van der Waals surface area contributed by atoms with Crippen LogP contribution >= 0.6 is 11.3 Å². The van der Waals surface area contributed by atoms with Gasteiger partial charge in [-0.05, 0) is 60.1 Å². The Hall–Kier alpha value is -1.87. The van der Waals surface area contributed by atoms with Gasteiger partial charge in [-0.1, -0.05) is 51.0 Å². The molecule has 1 N–H and O–H groups in total. The van der Waals surface area contributed by atoms with E-state index in [-0.39, 0.29) is 0 Å². The first-order valence-electron chi connectivity index (χ1n) is 9.86. The topological polar surface area (TPSA) is 29.1 Å². The van der Waals surface area contributed by atoms with E-state index in [1.54, 1.807) is 0 Å². The second-order valence-corrected chi connectivity index (χ2v) is 8.27. The minimum Gasteiger partial charge on any atom is -0.358 e. The first-order valence-corrected chi connectivity index (χ1v) is 10.7. The van der Waals surface area contributed by atoms with Gasteiger partial charge in [0.25, 0.3) is 0 Å². The maximum Gasteiger partial charge on any atom is 0.207 e. The number of amides is 1. The molecule has 1 aromatic heterocycles. The largest absolute Gasteiger partial charge is 0.358 e. The van der Waals surface area contributed by atoms with Crippen molar-refractivity contribution in [1.29, 1.82) is 0 Å². The van der Waals surface area contributed by atoms with Crippen LogP contribution < -0.4 is 5.32 Å². The standard InChI is InChI=1S/C23H29NOS/c1-3-5-6-8-20-14-22-21-11-9-17(19(7-4-2)15-24-16-25)13-18(21)10-12-23(22)26-20/h6,8-9,11,13-14,16,19H,3-5,7,10,12,15H2,1-2H3,(H,24,25)/b8-6-. The van der Waals surface area contributed by atoms with Crippen molar-refractivity contribution in [3.05, 3.63) is 51.2 Å². The third-order valence-electron chi connectivity index (χ3n) is 5.16. The Morgan fingerprint density at radius 1 is 1.15 bits per heavy atom. The van der Waals surface area contributed by atoms with Gasteiger partial charge >= 0.3 is 0 Å². The molecule has 0 bridgehead atoms. The number of carbonyl (C=O) groups excluding carboxylic acids is 1. The zero-order chi connectivity index (χ0) is 18.4. The van der Waals surface area contributed by atoms with Gasteiger partial charge in [0.2, 0.25) is 6.41 Å². The van der Waals surface area contributed by atoms with Crippen molar-refractivity contribution in [3.63, 3.8) is 0 Å². The lowest BCUT2D eigenvalue weighted by atomic mass is 9.85. The molecule has 0 saturated carbocycles. The van der Waals surface area contributed by atoms with Crippen molar-refractivity contribution >= 4 is 23.8 Å². The molecule has 3 rings (SSSR count). The van der Waals surface area contributed by atoms with Crippen molar-refractivity contribution in [3.8, 4) is 11.1 Å². The fraction of sp³-hybridized carbons (Fsp3) is 0.435. The Kier molecular flexibility index (Phi) is 6.67. The van der Waals surface area contributed by atoms with E-state index in [0.717, 1.165) is 45.1 Å². The van der Waals surface area contributed by atoms with Gasteiger partial charge in [0.05, 0.1) is 0 Å². The number of unbranched alkanes of at least 4 members (excludes halogenated alkanes) is 1. The van der Waals surface area contributed by atoms with E-state index in [1.165, 1.54) is 38.4 Å². The van der Waals surface area contributed by atoms with Crippen molar-refractivity contribution in [2.45, 2.75) is 58.3 Å². The zero-order valence-corrected chi connectivity index (χ0v) is 16.7. The summed E-state index contributed by atoms with van der Waals surface area (Å²) in [5.74, 6) is 0.409. The molecule has 0 radical (unpaired) electrons. The summed E-state index contributed by atoms with van der Waals surface area (Å²) < 4.78 is 0. The molecule has 2 aromatic rings. The van der Waals surface area contributed by atoms with Crippen LogP contribution in [0.2, 0.25) is 0 Å². The van der Waals surface area contributed by atoms with Gasteiger partial charge in [-0.2, -0.15) is 0 Å². The normalized spacial score (nSPS) is 14.1. The van der Waals surface area contributed by atoms with Crippen LogP contribution in [0.1, 0.15) is 66.3 Å². The third-order valence-corrected chi connectivity index (χ3v) is 6.32. The molecule has 26 heavy (non-hydrogen) atoms. The minimum atomic E-state index is 0.409. The van der Waals surface area contributed by atoms with Gasteiger partial charge in [-0.25, -0.2) is 0 Å². The van der Waals surface area contributed by atoms with Crippen molar-refractivity contribution in [2.24, 2.45) is 0 Å². The SMILES string of the molecule is CCC/C=C\c1cc2c(s1)CCc1cc(C(CCC)CNC=O)ccc1-2. The molecular formula is C23H29NOS. The highest BCUT2D eigenvalue weighted by Crippen LogP contribution is 2.40. The van der Waals surface area contributed by atoms with Gasteiger partial charge in [-0.15, -0.1) is 11.3 Å². The first kappa shape index (κ1) is 18.9. The van der Waals surface area contributed by atoms with E-state index in [2.05, 4.69) is 55.6 Å². The molecule has 0 saturated heterocycles. The number of nitrogens with one attached hydrogen (secondary N) is 1. The van der Waals surface area contributed by atoms with Crippen molar-refractivity contribution < 1.29 is 4.79 Å². The molecule has 0 fully saturated rings. The van der Waals surface area contributed by atoms with Gasteiger partial charge in [0.1, 0.15) is 0 Å². The average Bonchev–Trinajstić information content (AvgIpc) is 3.08. The van der Waals surface area contributed by atoms with E-state index >= 15 is 0 Å². The number of rotatable bonds is 9. The summed E-state index contributed by atoms with van der Waals surface area (Å²) in [6.07, 6.45) is 12.2. The Labute approximate surface area is 161 Å². The van der Waals surface area contributed by atoms with Crippen LogP contribution in [0, 0.1) is 0 Å². The van der Waals surface area contributed by atoms with Crippen LogP contribution in [0.15, 0.2) is 30.3 Å². The number of allylic oxidation sites excluding steroid dienone is 1. The second-order valence-electron chi connectivity index (χ2n) is 7.10. The smallest absolute Gasteiger partial charge is 0.207 e. The number of hydrogen-bond donors (Lipinski definition) is 1. The predicted molar refractivity (Wildman–Crippen MR) is 113 cm³/mol. The number of hydrogen-bond acceptors (Lipinski definition) is 2. The summed E-state index contributed by atoms with van der Waals surface area (Å²) in [4.78, 5) is 13.6. The van der Waals surface area contributed by atoms with Crippen LogP contribution in [0.3, 0.4) is 0 Å². The van der Waals surface area contributed by atoms with Crippen molar-refractivity contribution in [1.82, 2.24) is 5.32 Å². The van der Waals surface area contributed by atoms with E-state index in [1.807, 2.05) is 11.3 Å². The molecule has 2 nitrogen and oxygen atoms in total. The Balaban J connectivity index is 1.86.